The molecule has 1 aliphatic rings. The maximum atomic E-state index is 10.9. The second-order valence-electron chi connectivity index (χ2n) is 4.47. The Morgan fingerprint density at radius 2 is 2.26 bits per heavy atom. The Morgan fingerprint density at radius 3 is 2.89 bits per heavy atom. The van der Waals surface area contributed by atoms with Gasteiger partial charge in [-0.2, -0.15) is 0 Å². The summed E-state index contributed by atoms with van der Waals surface area (Å²) in [6, 6.07) is 0. The average molecular weight is 292 g/mol. The van der Waals surface area contributed by atoms with Crippen LogP contribution in [0, 0.1) is 6.92 Å². The molecule has 0 amide bonds. The summed E-state index contributed by atoms with van der Waals surface area (Å²) in [7, 11) is 0. The van der Waals surface area contributed by atoms with Crippen molar-refractivity contribution >= 4 is 40.8 Å². The van der Waals surface area contributed by atoms with E-state index in [-0.39, 0.29) is 5.69 Å². The van der Waals surface area contributed by atoms with Gasteiger partial charge in [-0.1, -0.05) is 0 Å². The van der Waals surface area contributed by atoms with Crippen LogP contribution in [0.5, 0.6) is 0 Å². The van der Waals surface area contributed by atoms with Gasteiger partial charge in [-0.15, -0.1) is 22.7 Å². The van der Waals surface area contributed by atoms with Crippen molar-refractivity contribution in [2.24, 2.45) is 0 Å². The minimum atomic E-state index is -0.968. The molecular weight excluding hydrogens is 280 g/mol. The SMILES string of the molecule is Cc1sc(C=Cc2scnc2C2CC2)nc1C(=O)O. The number of aromatic nitrogens is 2. The van der Waals surface area contributed by atoms with Crippen molar-refractivity contribution in [3.8, 4) is 0 Å². The number of aryl methyl sites for hydroxylation is 1. The van der Waals surface area contributed by atoms with Crippen LogP contribution in [-0.4, -0.2) is 21.0 Å². The molecule has 0 saturated heterocycles. The van der Waals surface area contributed by atoms with Crippen LogP contribution >= 0.6 is 22.7 Å². The highest BCUT2D eigenvalue weighted by Crippen LogP contribution is 2.42. The molecule has 1 fully saturated rings. The Labute approximate surface area is 118 Å². The van der Waals surface area contributed by atoms with Crippen LogP contribution in [0.2, 0.25) is 0 Å². The molecule has 1 aliphatic carbocycles. The van der Waals surface area contributed by atoms with E-state index in [4.69, 9.17) is 5.11 Å². The van der Waals surface area contributed by atoms with Gasteiger partial charge in [0, 0.05) is 10.8 Å². The molecule has 1 N–H and O–H groups in total. The fourth-order valence-corrected chi connectivity index (χ4v) is 3.47. The summed E-state index contributed by atoms with van der Waals surface area (Å²) in [6.45, 7) is 1.78. The molecule has 0 radical (unpaired) electrons. The number of carboxylic acids is 1. The molecule has 3 rings (SSSR count). The lowest BCUT2D eigenvalue weighted by Gasteiger charge is -1.92. The van der Waals surface area contributed by atoms with Gasteiger partial charge in [0.1, 0.15) is 5.01 Å². The summed E-state index contributed by atoms with van der Waals surface area (Å²) < 4.78 is 0. The molecule has 2 aromatic heterocycles. The van der Waals surface area contributed by atoms with Crippen molar-refractivity contribution in [3.05, 3.63) is 31.7 Å². The van der Waals surface area contributed by atoms with Crippen LogP contribution in [0.1, 0.15) is 49.7 Å². The zero-order valence-corrected chi connectivity index (χ0v) is 11.9. The van der Waals surface area contributed by atoms with E-state index in [0.717, 1.165) is 14.8 Å². The fourth-order valence-electron chi connectivity index (χ4n) is 1.89. The lowest BCUT2D eigenvalue weighted by Crippen LogP contribution is -1.98. The molecule has 6 heteroatoms. The van der Waals surface area contributed by atoms with Gasteiger partial charge in [-0.3, -0.25) is 0 Å². The van der Waals surface area contributed by atoms with E-state index in [9.17, 15) is 4.79 Å². The van der Waals surface area contributed by atoms with Crippen LogP contribution in [-0.2, 0) is 0 Å². The number of carbonyl (C=O) groups is 1. The second-order valence-corrected chi connectivity index (χ2v) is 6.59. The zero-order chi connectivity index (χ0) is 13.4. The highest BCUT2D eigenvalue weighted by atomic mass is 32.1. The summed E-state index contributed by atoms with van der Waals surface area (Å²) in [5.41, 5.74) is 3.19. The van der Waals surface area contributed by atoms with E-state index in [1.54, 1.807) is 18.3 Å². The van der Waals surface area contributed by atoms with Crippen LogP contribution in [0.25, 0.3) is 12.2 Å². The molecule has 4 nitrogen and oxygen atoms in total. The molecular formula is C13H12N2O2S2. The monoisotopic (exact) mass is 292 g/mol. The van der Waals surface area contributed by atoms with Gasteiger partial charge in [0.05, 0.1) is 16.1 Å². The number of hydrogen-bond donors (Lipinski definition) is 1. The predicted molar refractivity (Wildman–Crippen MR) is 76.8 cm³/mol. The first-order valence-electron chi connectivity index (χ1n) is 5.97. The Kier molecular flexibility index (Phi) is 3.20. The van der Waals surface area contributed by atoms with Crippen molar-refractivity contribution in [2.45, 2.75) is 25.7 Å². The average Bonchev–Trinajstić information content (AvgIpc) is 2.98. The van der Waals surface area contributed by atoms with Crippen LogP contribution in [0.15, 0.2) is 5.51 Å². The summed E-state index contributed by atoms with van der Waals surface area (Å²) >= 11 is 3.02. The zero-order valence-electron chi connectivity index (χ0n) is 10.3. The summed E-state index contributed by atoms with van der Waals surface area (Å²) in [5, 5.41) is 9.70. The molecule has 98 valence electrons. The van der Waals surface area contributed by atoms with E-state index < -0.39 is 5.97 Å². The minimum absolute atomic E-state index is 0.149. The third-order valence-corrected chi connectivity index (χ3v) is 4.73. The van der Waals surface area contributed by atoms with Gasteiger partial charge in [0.2, 0.25) is 0 Å². The van der Waals surface area contributed by atoms with Crippen LogP contribution < -0.4 is 0 Å². The normalized spacial score (nSPS) is 15.2. The number of thiazole rings is 2. The number of aromatic carboxylic acids is 1. The first kappa shape index (κ1) is 12.5. The van der Waals surface area contributed by atoms with Crippen molar-refractivity contribution in [1.29, 1.82) is 0 Å². The third-order valence-electron chi connectivity index (χ3n) is 2.98. The van der Waals surface area contributed by atoms with Crippen molar-refractivity contribution in [1.82, 2.24) is 9.97 Å². The Bertz CT molecular complexity index is 653. The van der Waals surface area contributed by atoms with Crippen molar-refractivity contribution in [3.63, 3.8) is 0 Å². The highest BCUT2D eigenvalue weighted by molar-refractivity contribution is 7.13. The highest BCUT2D eigenvalue weighted by Gasteiger charge is 2.27. The quantitative estimate of drug-likeness (QED) is 0.934. The molecule has 0 aliphatic heterocycles. The molecule has 0 bridgehead atoms. The van der Waals surface area contributed by atoms with Gasteiger partial charge in [-0.25, -0.2) is 14.8 Å². The maximum absolute atomic E-state index is 10.9. The summed E-state index contributed by atoms with van der Waals surface area (Å²) in [4.78, 5) is 21.3. The lowest BCUT2D eigenvalue weighted by atomic mass is 10.2. The molecule has 0 spiro atoms. The number of nitrogens with zero attached hydrogens (tertiary/aromatic N) is 2. The van der Waals surface area contributed by atoms with Crippen molar-refractivity contribution in [2.75, 3.05) is 0 Å². The predicted octanol–water partition coefficient (Wildman–Crippen LogP) is 3.65. The largest absolute Gasteiger partial charge is 0.476 e. The van der Waals surface area contributed by atoms with Gasteiger partial charge < -0.3 is 5.11 Å². The smallest absolute Gasteiger partial charge is 0.355 e. The maximum Gasteiger partial charge on any atom is 0.355 e. The first-order valence-corrected chi connectivity index (χ1v) is 7.67. The molecule has 2 heterocycles. The third kappa shape index (κ3) is 2.59. The number of carboxylic acid groups (broad SMARTS) is 1. The molecule has 2 aromatic rings. The van der Waals surface area contributed by atoms with Gasteiger partial charge in [-0.05, 0) is 31.9 Å². The summed E-state index contributed by atoms with van der Waals surface area (Å²) in [6.07, 6.45) is 6.33. The Balaban J connectivity index is 1.84. The number of hydrogen-bond acceptors (Lipinski definition) is 5. The van der Waals surface area contributed by atoms with Gasteiger partial charge >= 0.3 is 5.97 Å². The lowest BCUT2D eigenvalue weighted by molar-refractivity contribution is 0.0690. The van der Waals surface area contributed by atoms with E-state index in [0.29, 0.717) is 5.92 Å². The van der Waals surface area contributed by atoms with Gasteiger partial charge in [0.25, 0.3) is 0 Å². The van der Waals surface area contributed by atoms with Crippen LogP contribution in [0.3, 0.4) is 0 Å². The molecule has 0 aromatic carbocycles. The van der Waals surface area contributed by atoms with Crippen molar-refractivity contribution < 1.29 is 9.90 Å². The van der Waals surface area contributed by atoms with Gasteiger partial charge in [0.15, 0.2) is 5.69 Å². The van der Waals surface area contributed by atoms with E-state index in [2.05, 4.69) is 9.97 Å². The van der Waals surface area contributed by atoms with Crippen LogP contribution in [0.4, 0.5) is 0 Å². The topological polar surface area (TPSA) is 63.1 Å². The van der Waals surface area contributed by atoms with E-state index in [1.807, 2.05) is 17.7 Å². The Morgan fingerprint density at radius 1 is 1.47 bits per heavy atom. The fraction of sp³-hybridized carbons (Fsp3) is 0.308. The Hall–Kier alpha value is -1.53. The molecule has 0 unspecified atom stereocenters. The number of rotatable bonds is 4. The molecule has 19 heavy (non-hydrogen) atoms. The molecule has 1 saturated carbocycles. The summed E-state index contributed by atoms with van der Waals surface area (Å²) in [5.74, 6) is -0.344. The standard InChI is InChI=1S/C13H12N2O2S2/c1-7-11(13(16)17)15-10(19-7)5-4-9-12(8-2-3-8)14-6-18-9/h4-6,8H,2-3H2,1H3,(H,16,17). The first-order chi connectivity index (χ1) is 9.15. The minimum Gasteiger partial charge on any atom is -0.476 e. The molecule has 0 atom stereocenters. The second kappa shape index (κ2) is 4.86. The van der Waals surface area contributed by atoms with E-state index in [1.165, 1.54) is 29.9 Å². The van der Waals surface area contributed by atoms with E-state index >= 15 is 0 Å².